The highest BCUT2D eigenvalue weighted by Gasteiger charge is 2.22. The van der Waals surface area contributed by atoms with E-state index < -0.39 is 0 Å². The van der Waals surface area contributed by atoms with Gasteiger partial charge < -0.3 is 16.8 Å². The molecule has 0 saturated carbocycles. The molecular formula is C11H25N3O. The molecule has 0 fully saturated rings. The molecule has 0 aliphatic rings. The van der Waals surface area contributed by atoms with Crippen LogP contribution in [-0.4, -0.2) is 25.0 Å². The first-order chi connectivity index (χ1) is 6.88. The van der Waals surface area contributed by atoms with Gasteiger partial charge in [0.1, 0.15) is 0 Å². The summed E-state index contributed by atoms with van der Waals surface area (Å²) in [6.45, 7) is 7.50. The molecule has 0 spiro atoms. The van der Waals surface area contributed by atoms with Crippen LogP contribution < -0.4 is 16.8 Å². The molecule has 4 heteroatoms. The highest BCUT2D eigenvalue weighted by molar-refractivity contribution is 5.76. The lowest BCUT2D eigenvalue weighted by atomic mass is 9.85. The second-order valence-electron chi connectivity index (χ2n) is 5.02. The Hall–Kier alpha value is -0.610. The van der Waals surface area contributed by atoms with Crippen LogP contribution in [0.25, 0.3) is 0 Å². The normalized spacial score (nSPS) is 13.7. The number of hydrogen-bond donors (Lipinski definition) is 3. The van der Waals surface area contributed by atoms with Crippen molar-refractivity contribution in [3.05, 3.63) is 0 Å². The van der Waals surface area contributed by atoms with Crippen LogP contribution in [0.2, 0.25) is 0 Å². The Bertz CT molecular complexity index is 187. The molecule has 0 aromatic heterocycles. The molecule has 0 heterocycles. The average molecular weight is 215 g/mol. The van der Waals surface area contributed by atoms with Gasteiger partial charge in [-0.25, -0.2) is 0 Å². The molecule has 0 bridgehead atoms. The molecule has 0 aromatic rings. The standard InChI is InChI=1S/C11H25N3O/c1-11(2,3)9(13)8-10(15)14-7-5-4-6-12/h9H,4-8,12-13H2,1-3H3,(H,14,15). The Morgan fingerprint density at radius 1 is 1.33 bits per heavy atom. The van der Waals surface area contributed by atoms with Crippen molar-refractivity contribution in [3.8, 4) is 0 Å². The van der Waals surface area contributed by atoms with Crippen LogP contribution in [-0.2, 0) is 4.79 Å². The third kappa shape index (κ3) is 7.33. The molecule has 1 amide bonds. The summed E-state index contributed by atoms with van der Waals surface area (Å²) in [5.74, 6) is 0.0365. The summed E-state index contributed by atoms with van der Waals surface area (Å²) in [6, 6.07) is -0.0907. The van der Waals surface area contributed by atoms with Gasteiger partial charge in [0, 0.05) is 19.0 Å². The van der Waals surface area contributed by atoms with Crippen LogP contribution in [0.3, 0.4) is 0 Å². The van der Waals surface area contributed by atoms with Gasteiger partial charge in [-0.05, 0) is 24.8 Å². The molecule has 0 aliphatic heterocycles. The Morgan fingerprint density at radius 2 is 1.93 bits per heavy atom. The van der Waals surface area contributed by atoms with E-state index in [0.29, 0.717) is 19.5 Å². The van der Waals surface area contributed by atoms with Gasteiger partial charge in [-0.2, -0.15) is 0 Å². The molecule has 0 aliphatic carbocycles. The number of unbranched alkanes of at least 4 members (excludes halogenated alkanes) is 1. The van der Waals surface area contributed by atoms with Crippen LogP contribution in [0.5, 0.6) is 0 Å². The van der Waals surface area contributed by atoms with E-state index >= 15 is 0 Å². The van der Waals surface area contributed by atoms with Crippen molar-refractivity contribution in [3.63, 3.8) is 0 Å². The maximum Gasteiger partial charge on any atom is 0.221 e. The van der Waals surface area contributed by atoms with E-state index in [-0.39, 0.29) is 17.4 Å². The highest BCUT2D eigenvalue weighted by Crippen LogP contribution is 2.19. The van der Waals surface area contributed by atoms with E-state index in [0.717, 1.165) is 12.8 Å². The molecule has 0 aromatic carbocycles. The maximum absolute atomic E-state index is 11.4. The summed E-state index contributed by atoms with van der Waals surface area (Å²) in [6.07, 6.45) is 2.28. The third-order valence-electron chi connectivity index (χ3n) is 2.47. The molecule has 0 radical (unpaired) electrons. The first kappa shape index (κ1) is 14.4. The Kier molecular flexibility index (Phi) is 6.52. The lowest BCUT2D eigenvalue weighted by molar-refractivity contribution is -0.121. The summed E-state index contributed by atoms with van der Waals surface area (Å²) >= 11 is 0. The van der Waals surface area contributed by atoms with Crippen molar-refractivity contribution in [2.45, 2.75) is 46.1 Å². The molecule has 1 unspecified atom stereocenters. The summed E-state index contributed by atoms with van der Waals surface area (Å²) in [5, 5.41) is 2.85. The number of rotatable bonds is 6. The fourth-order valence-corrected chi connectivity index (χ4v) is 1.08. The van der Waals surface area contributed by atoms with Gasteiger partial charge >= 0.3 is 0 Å². The van der Waals surface area contributed by atoms with Crippen LogP contribution >= 0.6 is 0 Å². The van der Waals surface area contributed by atoms with Crippen molar-refractivity contribution >= 4 is 5.91 Å². The predicted molar refractivity (Wildman–Crippen MR) is 63.3 cm³/mol. The van der Waals surface area contributed by atoms with Crippen LogP contribution in [0, 0.1) is 5.41 Å². The fourth-order valence-electron chi connectivity index (χ4n) is 1.08. The summed E-state index contributed by atoms with van der Waals surface area (Å²) < 4.78 is 0. The van der Waals surface area contributed by atoms with Gasteiger partial charge in [0.2, 0.25) is 5.91 Å². The minimum Gasteiger partial charge on any atom is -0.356 e. The smallest absolute Gasteiger partial charge is 0.221 e. The Balaban J connectivity index is 3.65. The van der Waals surface area contributed by atoms with E-state index in [4.69, 9.17) is 11.5 Å². The van der Waals surface area contributed by atoms with Crippen molar-refractivity contribution in [1.29, 1.82) is 0 Å². The van der Waals surface area contributed by atoms with Gasteiger partial charge in [-0.15, -0.1) is 0 Å². The molecule has 0 saturated heterocycles. The zero-order chi connectivity index (χ0) is 11.9. The van der Waals surface area contributed by atoms with E-state index in [2.05, 4.69) is 5.32 Å². The lowest BCUT2D eigenvalue weighted by Crippen LogP contribution is -2.40. The second kappa shape index (κ2) is 6.80. The Morgan fingerprint density at radius 3 is 2.40 bits per heavy atom. The SMILES string of the molecule is CC(C)(C)C(N)CC(=O)NCCCCN. The van der Waals surface area contributed by atoms with E-state index in [9.17, 15) is 4.79 Å². The number of hydrogen-bond acceptors (Lipinski definition) is 3. The first-order valence-corrected chi connectivity index (χ1v) is 5.60. The van der Waals surface area contributed by atoms with Crippen molar-refractivity contribution < 1.29 is 4.79 Å². The summed E-state index contributed by atoms with van der Waals surface area (Å²) in [7, 11) is 0. The van der Waals surface area contributed by atoms with Crippen LogP contribution in [0.15, 0.2) is 0 Å². The zero-order valence-corrected chi connectivity index (χ0v) is 10.2. The number of amides is 1. The molecular weight excluding hydrogens is 190 g/mol. The highest BCUT2D eigenvalue weighted by atomic mass is 16.1. The van der Waals surface area contributed by atoms with Crippen molar-refractivity contribution in [1.82, 2.24) is 5.32 Å². The maximum atomic E-state index is 11.4. The van der Waals surface area contributed by atoms with Gasteiger partial charge in [0.15, 0.2) is 0 Å². The topological polar surface area (TPSA) is 81.1 Å². The van der Waals surface area contributed by atoms with Crippen LogP contribution in [0.1, 0.15) is 40.0 Å². The molecule has 0 rings (SSSR count). The van der Waals surface area contributed by atoms with E-state index in [1.165, 1.54) is 0 Å². The minimum atomic E-state index is -0.0907. The summed E-state index contributed by atoms with van der Waals surface area (Å²) in [4.78, 5) is 11.4. The van der Waals surface area contributed by atoms with E-state index in [1.54, 1.807) is 0 Å². The minimum absolute atomic E-state index is 0.0192. The van der Waals surface area contributed by atoms with Gasteiger partial charge in [-0.1, -0.05) is 20.8 Å². The number of carbonyl (C=O) groups excluding carboxylic acids is 1. The first-order valence-electron chi connectivity index (χ1n) is 5.60. The Labute approximate surface area is 92.8 Å². The number of nitrogens with two attached hydrogens (primary N) is 2. The molecule has 90 valence electrons. The van der Waals surface area contributed by atoms with Gasteiger partial charge in [0.05, 0.1) is 0 Å². The number of carbonyl (C=O) groups is 1. The predicted octanol–water partition coefficient (Wildman–Crippen LogP) is 0.605. The summed E-state index contributed by atoms with van der Waals surface area (Å²) in [5.41, 5.74) is 11.2. The monoisotopic (exact) mass is 215 g/mol. The average Bonchev–Trinajstić information content (AvgIpc) is 2.11. The third-order valence-corrected chi connectivity index (χ3v) is 2.47. The van der Waals surface area contributed by atoms with E-state index in [1.807, 2.05) is 20.8 Å². The largest absolute Gasteiger partial charge is 0.356 e. The zero-order valence-electron chi connectivity index (χ0n) is 10.2. The fraction of sp³-hybridized carbons (Fsp3) is 0.909. The molecule has 1 atom stereocenters. The van der Waals surface area contributed by atoms with Crippen molar-refractivity contribution in [2.75, 3.05) is 13.1 Å². The molecule has 5 N–H and O–H groups in total. The molecule has 15 heavy (non-hydrogen) atoms. The van der Waals surface area contributed by atoms with Gasteiger partial charge in [-0.3, -0.25) is 4.79 Å². The number of nitrogens with one attached hydrogen (secondary N) is 1. The lowest BCUT2D eigenvalue weighted by Gasteiger charge is -2.26. The second-order valence-corrected chi connectivity index (χ2v) is 5.02. The van der Waals surface area contributed by atoms with Crippen LogP contribution in [0.4, 0.5) is 0 Å². The molecule has 4 nitrogen and oxygen atoms in total. The quantitative estimate of drug-likeness (QED) is 0.568. The van der Waals surface area contributed by atoms with Gasteiger partial charge in [0.25, 0.3) is 0 Å². The van der Waals surface area contributed by atoms with Crippen molar-refractivity contribution in [2.24, 2.45) is 16.9 Å².